The standard InChI is InChI=1S/C19H29N3O.ClH/c1-18(2)14-22(11-8-16(18)20)12-17(23)21-13-19(9-10-19)15-6-4-3-5-7-15;/h3-7,16H,8-14,20H2,1-2H3,(H,21,23);1H. The van der Waals surface area contributed by atoms with Crippen LogP contribution in [0.3, 0.4) is 0 Å². The van der Waals surface area contributed by atoms with Gasteiger partial charge in [0.15, 0.2) is 0 Å². The van der Waals surface area contributed by atoms with Crippen molar-refractivity contribution in [1.29, 1.82) is 0 Å². The van der Waals surface area contributed by atoms with Crippen LogP contribution in [0.5, 0.6) is 0 Å². The Morgan fingerprint density at radius 3 is 2.54 bits per heavy atom. The SMILES string of the molecule is CC1(C)CN(CC(=O)NCC2(c3ccccc3)CC2)CCC1N.Cl. The zero-order chi connectivity index (χ0) is 16.5. The van der Waals surface area contributed by atoms with E-state index in [0.29, 0.717) is 6.54 Å². The van der Waals surface area contributed by atoms with Gasteiger partial charge in [0, 0.05) is 31.1 Å². The monoisotopic (exact) mass is 351 g/mol. The summed E-state index contributed by atoms with van der Waals surface area (Å²) in [5.41, 5.74) is 7.78. The zero-order valence-electron chi connectivity index (χ0n) is 14.8. The first-order valence-electron chi connectivity index (χ1n) is 8.72. The predicted molar refractivity (Wildman–Crippen MR) is 100 cm³/mol. The second kappa shape index (κ2) is 7.42. The quantitative estimate of drug-likeness (QED) is 0.855. The molecule has 0 spiro atoms. The Morgan fingerprint density at radius 1 is 1.29 bits per heavy atom. The fourth-order valence-electron chi connectivity index (χ4n) is 3.66. The van der Waals surface area contributed by atoms with Crippen molar-refractivity contribution in [3.05, 3.63) is 35.9 Å². The molecule has 1 aromatic carbocycles. The number of nitrogens with one attached hydrogen (secondary N) is 1. The molecule has 2 fully saturated rings. The molecule has 134 valence electrons. The number of hydrogen-bond donors (Lipinski definition) is 2. The van der Waals surface area contributed by atoms with Gasteiger partial charge in [-0.15, -0.1) is 12.4 Å². The maximum absolute atomic E-state index is 12.3. The Hall–Kier alpha value is -1.10. The summed E-state index contributed by atoms with van der Waals surface area (Å²) < 4.78 is 0. The van der Waals surface area contributed by atoms with Gasteiger partial charge in [0.1, 0.15) is 0 Å². The van der Waals surface area contributed by atoms with E-state index in [0.717, 1.165) is 26.1 Å². The van der Waals surface area contributed by atoms with Gasteiger partial charge >= 0.3 is 0 Å². The van der Waals surface area contributed by atoms with Gasteiger partial charge in [-0.1, -0.05) is 44.2 Å². The van der Waals surface area contributed by atoms with Gasteiger partial charge in [0.2, 0.25) is 5.91 Å². The van der Waals surface area contributed by atoms with Crippen LogP contribution in [-0.2, 0) is 10.2 Å². The van der Waals surface area contributed by atoms with Crippen molar-refractivity contribution >= 4 is 18.3 Å². The number of hydrogen-bond acceptors (Lipinski definition) is 3. The van der Waals surface area contributed by atoms with Gasteiger partial charge in [-0.25, -0.2) is 0 Å². The summed E-state index contributed by atoms with van der Waals surface area (Å²) in [7, 11) is 0. The lowest BCUT2D eigenvalue weighted by Crippen LogP contribution is -2.54. The second-order valence-electron chi connectivity index (χ2n) is 8.02. The smallest absolute Gasteiger partial charge is 0.234 e. The first kappa shape index (κ1) is 19.2. The molecule has 1 aliphatic heterocycles. The van der Waals surface area contributed by atoms with Crippen molar-refractivity contribution < 1.29 is 4.79 Å². The number of likely N-dealkylation sites (tertiary alicyclic amines) is 1. The summed E-state index contributed by atoms with van der Waals surface area (Å²) in [6.45, 7) is 7.44. The van der Waals surface area contributed by atoms with E-state index in [1.54, 1.807) is 0 Å². The van der Waals surface area contributed by atoms with E-state index in [2.05, 4.69) is 48.3 Å². The Morgan fingerprint density at radius 2 is 1.96 bits per heavy atom. The fraction of sp³-hybridized carbons (Fsp3) is 0.632. The number of nitrogens with zero attached hydrogens (tertiary/aromatic N) is 1. The summed E-state index contributed by atoms with van der Waals surface area (Å²) in [5, 5.41) is 3.16. The summed E-state index contributed by atoms with van der Waals surface area (Å²) in [6.07, 6.45) is 3.31. The molecular weight excluding hydrogens is 322 g/mol. The van der Waals surface area contributed by atoms with Crippen molar-refractivity contribution in [2.45, 2.75) is 44.6 Å². The van der Waals surface area contributed by atoms with Crippen molar-refractivity contribution in [3.63, 3.8) is 0 Å². The molecule has 3 N–H and O–H groups in total. The van der Waals surface area contributed by atoms with Crippen LogP contribution in [0.2, 0.25) is 0 Å². The average Bonchev–Trinajstić information content (AvgIpc) is 3.31. The first-order valence-corrected chi connectivity index (χ1v) is 8.72. The highest BCUT2D eigenvalue weighted by atomic mass is 35.5. The lowest BCUT2D eigenvalue weighted by Gasteiger charge is -2.42. The Labute approximate surface area is 151 Å². The molecule has 1 saturated heterocycles. The minimum Gasteiger partial charge on any atom is -0.354 e. The largest absolute Gasteiger partial charge is 0.354 e. The molecule has 1 unspecified atom stereocenters. The predicted octanol–water partition coefficient (Wildman–Crippen LogP) is 2.32. The van der Waals surface area contributed by atoms with Gasteiger partial charge in [0.25, 0.3) is 0 Å². The number of piperidine rings is 1. The summed E-state index contributed by atoms with van der Waals surface area (Å²) >= 11 is 0. The van der Waals surface area contributed by atoms with E-state index in [-0.39, 0.29) is 35.2 Å². The first-order chi connectivity index (χ1) is 10.9. The molecule has 3 rings (SSSR count). The zero-order valence-corrected chi connectivity index (χ0v) is 15.6. The van der Waals surface area contributed by atoms with Crippen molar-refractivity contribution in [2.75, 3.05) is 26.2 Å². The molecule has 24 heavy (non-hydrogen) atoms. The van der Waals surface area contributed by atoms with Crippen LogP contribution in [0.25, 0.3) is 0 Å². The van der Waals surface area contributed by atoms with Gasteiger partial charge in [-0.2, -0.15) is 0 Å². The summed E-state index contributed by atoms with van der Waals surface area (Å²) in [6, 6.07) is 10.8. The van der Waals surface area contributed by atoms with Gasteiger partial charge in [-0.05, 0) is 30.2 Å². The molecule has 1 heterocycles. The third kappa shape index (κ3) is 4.29. The van der Waals surface area contributed by atoms with Crippen LogP contribution in [0.15, 0.2) is 30.3 Å². The van der Waals surface area contributed by atoms with E-state index in [9.17, 15) is 4.79 Å². The third-order valence-electron chi connectivity index (χ3n) is 5.62. The number of carbonyl (C=O) groups is 1. The number of nitrogens with two attached hydrogens (primary N) is 1. The molecule has 0 bridgehead atoms. The topological polar surface area (TPSA) is 58.4 Å². The van der Waals surface area contributed by atoms with Gasteiger partial charge < -0.3 is 11.1 Å². The second-order valence-corrected chi connectivity index (χ2v) is 8.02. The maximum Gasteiger partial charge on any atom is 0.234 e. The van der Waals surface area contributed by atoms with Crippen molar-refractivity contribution in [1.82, 2.24) is 10.2 Å². The third-order valence-corrected chi connectivity index (χ3v) is 5.62. The van der Waals surface area contributed by atoms with E-state index < -0.39 is 0 Å². The van der Waals surface area contributed by atoms with Crippen LogP contribution < -0.4 is 11.1 Å². The molecule has 0 aromatic heterocycles. The van der Waals surface area contributed by atoms with Gasteiger partial charge in [0.05, 0.1) is 6.54 Å². The Balaban J connectivity index is 0.00000208. The van der Waals surface area contributed by atoms with E-state index in [4.69, 9.17) is 5.73 Å². The molecule has 2 aliphatic rings. The number of amides is 1. The van der Waals surface area contributed by atoms with Crippen molar-refractivity contribution in [3.8, 4) is 0 Å². The molecule has 4 nitrogen and oxygen atoms in total. The van der Waals surface area contributed by atoms with Crippen LogP contribution in [-0.4, -0.2) is 43.0 Å². The molecule has 1 atom stereocenters. The average molecular weight is 352 g/mol. The highest BCUT2D eigenvalue weighted by molar-refractivity contribution is 5.85. The molecular formula is C19H30ClN3O. The van der Waals surface area contributed by atoms with Crippen LogP contribution in [0, 0.1) is 5.41 Å². The Bertz CT molecular complexity index is 557. The summed E-state index contributed by atoms with van der Waals surface area (Å²) in [5.74, 6) is 0.137. The molecule has 0 radical (unpaired) electrons. The summed E-state index contributed by atoms with van der Waals surface area (Å²) in [4.78, 5) is 14.6. The number of carbonyl (C=O) groups excluding carboxylic acids is 1. The highest BCUT2D eigenvalue weighted by Crippen LogP contribution is 2.47. The number of halogens is 1. The molecule has 1 aliphatic carbocycles. The van der Waals surface area contributed by atoms with Gasteiger partial charge in [-0.3, -0.25) is 9.69 Å². The van der Waals surface area contributed by atoms with E-state index in [1.807, 2.05) is 6.07 Å². The lowest BCUT2D eigenvalue weighted by molar-refractivity contribution is -0.123. The van der Waals surface area contributed by atoms with E-state index >= 15 is 0 Å². The van der Waals surface area contributed by atoms with Crippen LogP contribution in [0.4, 0.5) is 0 Å². The van der Waals surface area contributed by atoms with Crippen LogP contribution >= 0.6 is 12.4 Å². The molecule has 1 aromatic rings. The molecule has 1 amide bonds. The Kier molecular flexibility index (Phi) is 5.95. The number of benzene rings is 1. The maximum atomic E-state index is 12.3. The minimum absolute atomic E-state index is 0. The van der Waals surface area contributed by atoms with Crippen LogP contribution in [0.1, 0.15) is 38.7 Å². The minimum atomic E-state index is 0. The molecule has 5 heteroatoms. The van der Waals surface area contributed by atoms with E-state index in [1.165, 1.54) is 18.4 Å². The lowest BCUT2D eigenvalue weighted by atomic mass is 9.80. The number of rotatable bonds is 5. The normalized spacial score (nSPS) is 24.7. The highest BCUT2D eigenvalue weighted by Gasteiger charge is 2.44. The van der Waals surface area contributed by atoms with Crippen molar-refractivity contribution in [2.24, 2.45) is 11.1 Å². The molecule has 1 saturated carbocycles. The fourth-order valence-corrected chi connectivity index (χ4v) is 3.66.